The van der Waals surface area contributed by atoms with Crippen LogP contribution in [-0.2, 0) is 14.3 Å². The van der Waals surface area contributed by atoms with Crippen LogP contribution in [-0.4, -0.2) is 71.2 Å². The number of carbonyl (C=O) groups is 2. The van der Waals surface area contributed by atoms with Crippen molar-refractivity contribution in [1.82, 2.24) is 10.6 Å². The van der Waals surface area contributed by atoms with Gasteiger partial charge in [-0.05, 0) is 14.0 Å². The molecule has 1 aliphatic heterocycles. The van der Waals surface area contributed by atoms with Crippen LogP contribution in [0.15, 0.2) is 0 Å². The van der Waals surface area contributed by atoms with E-state index in [9.17, 15) is 24.9 Å². The van der Waals surface area contributed by atoms with Crippen molar-refractivity contribution in [2.75, 3.05) is 13.6 Å². The minimum atomic E-state index is -1.58. The van der Waals surface area contributed by atoms with Gasteiger partial charge >= 0.3 is 0 Å². The topological polar surface area (TPSA) is 128 Å². The number of rotatable bonds is 4. The van der Waals surface area contributed by atoms with E-state index in [0.717, 1.165) is 0 Å². The molecule has 104 valence electrons. The summed E-state index contributed by atoms with van der Waals surface area (Å²) in [6.45, 7) is 1.11. The van der Waals surface area contributed by atoms with Gasteiger partial charge < -0.3 is 30.7 Å². The van der Waals surface area contributed by atoms with Crippen molar-refractivity contribution in [3.8, 4) is 0 Å². The maximum Gasteiger partial charge on any atom is 0.252 e. The SMILES string of the molecule is CN[C@@H]1C(O)C(O)OC(C(=O)NCC(C)=O)[C@H]1O. The smallest absolute Gasteiger partial charge is 0.252 e. The molecule has 1 rings (SSSR count). The van der Waals surface area contributed by atoms with Gasteiger partial charge in [-0.1, -0.05) is 0 Å². The molecule has 3 unspecified atom stereocenters. The van der Waals surface area contributed by atoms with Crippen LogP contribution >= 0.6 is 0 Å². The van der Waals surface area contributed by atoms with Crippen LogP contribution in [0.5, 0.6) is 0 Å². The first-order valence-corrected chi connectivity index (χ1v) is 5.52. The van der Waals surface area contributed by atoms with E-state index in [1.807, 2.05) is 0 Å². The predicted octanol–water partition coefficient (Wildman–Crippen LogP) is -3.28. The third-order valence-electron chi connectivity index (χ3n) is 2.73. The molecule has 0 saturated carbocycles. The molecule has 1 aliphatic rings. The molecule has 1 saturated heterocycles. The maximum atomic E-state index is 11.7. The molecule has 0 aromatic heterocycles. The number of Topliss-reactive ketones (excluding diaryl/α,β-unsaturated/α-hetero) is 1. The molecule has 18 heavy (non-hydrogen) atoms. The van der Waals surface area contributed by atoms with E-state index in [4.69, 9.17) is 4.74 Å². The Balaban J connectivity index is 2.70. The number of nitrogens with one attached hydrogen (secondary N) is 2. The Morgan fingerprint density at radius 2 is 1.83 bits per heavy atom. The highest BCUT2D eigenvalue weighted by atomic mass is 16.6. The zero-order chi connectivity index (χ0) is 13.9. The number of aliphatic hydroxyl groups is 3. The fourth-order valence-corrected chi connectivity index (χ4v) is 1.75. The monoisotopic (exact) mass is 262 g/mol. The molecule has 8 heteroatoms. The predicted molar refractivity (Wildman–Crippen MR) is 59.4 cm³/mol. The second-order valence-corrected chi connectivity index (χ2v) is 4.16. The molecule has 1 fully saturated rings. The quantitative estimate of drug-likeness (QED) is 0.359. The lowest BCUT2D eigenvalue weighted by atomic mass is 9.95. The average molecular weight is 262 g/mol. The van der Waals surface area contributed by atoms with E-state index in [1.165, 1.54) is 14.0 Å². The van der Waals surface area contributed by atoms with Gasteiger partial charge in [-0.25, -0.2) is 0 Å². The minimum absolute atomic E-state index is 0.186. The lowest BCUT2D eigenvalue weighted by molar-refractivity contribution is -0.251. The van der Waals surface area contributed by atoms with E-state index >= 15 is 0 Å². The van der Waals surface area contributed by atoms with Gasteiger partial charge in [0.1, 0.15) is 18.0 Å². The average Bonchev–Trinajstić information content (AvgIpc) is 2.31. The molecular formula is C10H18N2O6. The number of carbonyl (C=O) groups excluding carboxylic acids is 2. The van der Waals surface area contributed by atoms with Gasteiger partial charge in [0.15, 0.2) is 12.4 Å². The van der Waals surface area contributed by atoms with E-state index < -0.39 is 36.6 Å². The first kappa shape index (κ1) is 15.0. The van der Waals surface area contributed by atoms with E-state index in [2.05, 4.69) is 10.6 Å². The largest absolute Gasteiger partial charge is 0.388 e. The normalized spacial score (nSPS) is 36.2. The molecule has 0 aliphatic carbocycles. The second kappa shape index (κ2) is 6.21. The van der Waals surface area contributed by atoms with E-state index in [-0.39, 0.29) is 12.3 Å². The van der Waals surface area contributed by atoms with Crippen LogP contribution < -0.4 is 10.6 Å². The molecule has 0 spiro atoms. The van der Waals surface area contributed by atoms with Crippen LogP contribution in [0.25, 0.3) is 0 Å². The zero-order valence-corrected chi connectivity index (χ0v) is 10.2. The van der Waals surface area contributed by atoms with Gasteiger partial charge in [0, 0.05) is 0 Å². The molecule has 0 aromatic carbocycles. The fourth-order valence-electron chi connectivity index (χ4n) is 1.75. The van der Waals surface area contributed by atoms with Crippen LogP contribution in [0.4, 0.5) is 0 Å². The van der Waals surface area contributed by atoms with Crippen molar-refractivity contribution >= 4 is 11.7 Å². The summed E-state index contributed by atoms with van der Waals surface area (Å²) in [6, 6.07) is -0.901. The van der Waals surface area contributed by atoms with Crippen LogP contribution in [0.3, 0.4) is 0 Å². The molecule has 5 N–H and O–H groups in total. The van der Waals surface area contributed by atoms with Crippen LogP contribution in [0.1, 0.15) is 6.92 Å². The third kappa shape index (κ3) is 3.24. The Morgan fingerprint density at radius 3 is 2.33 bits per heavy atom. The molecule has 1 amide bonds. The number of aliphatic hydroxyl groups excluding tert-OH is 3. The number of likely N-dealkylation sites (N-methyl/N-ethyl adjacent to an activating group) is 1. The molecular weight excluding hydrogens is 244 g/mol. The summed E-state index contributed by atoms with van der Waals surface area (Å²) in [4.78, 5) is 22.4. The van der Waals surface area contributed by atoms with Crippen molar-refractivity contribution in [3.05, 3.63) is 0 Å². The third-order valence-corrected chi connectivity index (χ3v) is 2.73. The fraction of sp³-hybridized carbons (Fsp3) is 0.800. The summed E-state index contributed by atoms with van der Waals surface area (Å²) in [5.41, 5.74) is 0. The Bertz CT molecular complexity index is 323. The molecule has 8 nitrogen and oxygen atoms in total. The standard InChI is InChI=1S/C10H18N2O6/c1-4(13)3-12-9(16)8-6(14)5(11-2)7(15)10(17)18-8/h5-8,10-11,14-15,17H,3H2,1-2H3,(H,12,16)/t5-,6-,7?,8?,10?/m0/s1. The van der Waals surface area contributed by atoms with Crippen molar-refractivity contribution in [2.24, 2.45) is 0 Å². The lowest BCUT2D eigenvalue weighted by Gasteiger charge is -2.39. The summed E-state index contributed by atoms with van der Waals surface area (Å²) < 4.78 is 4.83. The van der Waals surface area contributed by atoms with Crippen LogP contribution in [0.2, 0.25) is 0 Å². The van der Waals surface area contributed by atoms with Gasteiger partial charge in [0.2, 0.25) is 0 Å². The van der Waals surface area contributed by atoms with E-state index in [1.54, 1.807) is 0 Å². The summed E-state index contributed by atoms with van der Waals surface area (Å²) in [5.74, 6) is -0.969. The first-order valence-electron chi connectivity index (χ1n) is 5.52. The van der Waals surface area contributed by atoms with Gasteiger partial charge in [-0.2, -0.15) is 0 Å². The highest BCUT2D eigenvalue weighted by Gasteiger charge is 2.46. The number of hydrogen-bond donors (Lipinski definition) is 5. The van der Waals surface area contributed by atoms with Crippen LogP contribution in [0, 0.1) is 0 Å². The Kier molecular flexibility index (Phi) is 5.17. The summed E-state index contributed by atoms with van der Waals surface area (Å²) in [7, 11) is 1.47. The summed E-state index contributed by atoms with van der Waals surface area (Å²) >= 11 is 0. The summed E-state index contributed by atoms with van der Waals surface area (Å²) in [5, 5.41) is 33.7. The molecule has 1 heterocycles. The Morgan fingerprint density at radius 1 is 1.22 bits per heavy atom. The summed E-state index contributed by atoms with van der Waals surface area (Å²) in [6.07, 6.45) is -5.61. The number of amides is 1. The molecule has 0 aromatic rings. The molecule has 5 atom stereocenters. The lowest BCUT2D eigenvalue weighted by Crippen LogP contribution is -2.65. The molecule has 0 bridgehead atoms. The molecule has 0 radical (unpaired) electrons. The maximum absolute atomic E-state index is 11.7. The minimum Gasteiger partial charge on any atom is -0.388 e. The second-order valence-electron chi connectivity index (χ2n) is 4.16. The number of ketones is 1. The van der Waals surface area contributed by atoms with Crippen molar-refractivity contribution in [3.63, 3.8) is 0 Å². The van der Waals surface area contributed by atoms with Gasteiger partial charge in [-0.3, -0.25) is 9.59 Å². The van der Waals surface area contributed by atoms with Crippen molar-refractivity contribution < 1.29 is 29.6 Å². The van der Waals surface area contributed by atoms with Gasteiger partial charge in [-0.15, -0.1) is 0 Å². The van der Waals surface area contributed by atoms with Crippen molar-refractivity contribution in [2.45, 2.75) is 37.6 Å². The van der Waals surface area contributed by atoms with Gasteiger partial charge in [0.05, 0.1) is 12.6 Å². The highest BCUT2D eigenvalue weighted by Crippen LogP contribution is 2.19. The van der Waals surface area contributed by atoms with E-state index in [0.29, 0.717) is 0 Å². The Labute approximate surface area is 104 Å². The first-order chi connectivity index (χ1) is 8.38. The Hall–Kier alpha value is -1.06. The number of hydrogen-bond acceptors (Lipinski definition) is 7. The zero-order valence-electron chi connectivity index (χ0n) is 10.2. The van der Waals surface area contributed by atoms with Crippen molar-refractivity contribution in [1.29, 1.82) is 0 Å². The highest BCUT2D eigenvalue weighted by molar-refractivity contribution is 5.87. The number of ether oxygens (including phenoxy) is 1. The van der Waals surface area contributed by atoms with Gasteiger partial charge in [0.25, 0.3) is 5.91 Å².